The van der Waals surface area contributed by atoms with E-state index in [2.05, 4.69) is 81.2 Å². The summed E-state index contributed by atoms with van der Waals surface area (Å²) in [6.07, 6.45) is 2.79. The number of benzene rings is 3. The van der Waals surface area contributed by atoms with Crippen LogP contribution >= 0.6 is 0 Å². The molecule has 0 fully saturated rings. The van der Waals surface area contributed by atoms with E-state index in [-0.39, 0.29) is 5.41 Å². The lowest BCUT2D eigenvalue weighted by Crippen LogP contribution is -2.24. The number of hydrogen-bond donors (Lipinski definition) is 0. The van der Waals surface area contributed by atoms with Gasteiger partial charge >= 0.3 is 0 Å². The van der Waals surface area contributed by atoms with Gasteiger partial charge in [0.15, 0.2) is 0 Å². The Balaban J connectivity index is 1.90. The summed E-state index contributed by atoms with van der Waals surface area (Å²) in [4.78, 5) is 9.37. The van der Waals surface area contributed by atoms with Gasteiger partial charge in [0.1, 0.15) is 6.33 Å². The molecule has 0 bridgehead atoms. The topological polar surface area (TPSA) is 25.8 Å². The van der Waals surface area contributed by atoms with E-state index in [1.54, 1.807) is 6.33 Å². The zero-order valence-electron chi connectivity index (χ0n) is 16.4. The van der Waals surface area contributed by atoms with Crippen LogP contribution in [0.25, 0.3) is 32.9 Å². The number of aromatic nitrogens is 2. The van der Waals surface area contributed by atoms with Crippen molar-refractivity contribution in [2.24, 2.45) is 5.92 Å². The monoisotopic (exact) mass is 352 g/mol. The van der Waals surface area contributed by atoms with Crippen LogP contribution in [0.15, 0.2) is 54.9 Å². The largest absolute Gasteiger partial charge is 0.236 e. The molecule has 1 aliphatic carbocycles. The SMILES string of the molecule is CC(C)Cc1cc2c3c(ncnc3c1)-c1cc3ccccc3cc1C2(C)C. The van der Waals surface area contributed by atoms with E-state index < -0.39 is 0 Å². The van der Waals surface area contributed by atoms with Crippen molar-refractivity contribution < 1.29 is 0 Å². The molecule has 0 spiro atoms. The van der Waals surface area contributed by atoms with E-state index in [9.17, 15) is 0 Å². The maximum atomic E-state index is 4.73. The zero-order valence-corrected chi connectivity index (χ0v) is 16.4. The van der Waals surface area contributed by atoms with Gasteiger partial charge in [0.05, 0.1) is 11.2 Å². The summed E-state index contributed by atoms with van der Waals surface area (Å²) in [5, 5.41) is 3.77. The summed E-state index contributed by atoms with van der Waals surface area (Å²) >= 11 is 0. The van der Waals surface area contributed by atoms with Crippen LogP contribution in [0.5, 0.6) is 0 Å². The fourth-order valence-electron chi connectivity index (χ4n) is 4.63. The fraction of sp³-hybridized carbons (Fsp3) is 0.280. The molecule has 0 amide bonds. The van der Waals surface area contributed by atoms with Gasteiger partial charge in [-0.15, -0.1) is 0 Å². The lowest BCUT2D eigenvalue weighted by Gasteiger charge is -2.35. The van der Waals surface area contributed by atoms with Crippen LogP contribution in [0.1, 0.15) is 44.4 Å². The van der Waals surface area contributed by atoms with Gasteiger partial charge in [-0.1, -0.05) is 58.0 Å². The van der Waals surface area contributed by atoms with E-state index >= 15 is 0 Å². The zero-order chi connectivity index (χ0) is 18.8. The van der Waals surface area contributed by atoms with E-state index in [0.29, 0.717) is 5.92 Å². The van der Waals surface area contributed by atoms with Crippen LogP contribution in [0, 0.1) is 5.92 Å². The molecule has 27 heavy (non-hydrogen) atoms. The minimum atomic E-state index is -0.0810. The van der Waals surface area contributed by atoms with Gasteiger partial charge in [0.25, 0.3) is 0 Å². The van der Waals surface area contributed by atoms with E-state index in [1.807, 2.05) is 0 Å². The number of nitrogens with zero attached hydrogens (tertiary/aromatic N) is 2. The quantitative estimate of drug-likeness (QED) is 0.424. The molecule has 1 aromatic heterocycles. The molecule has 0 N–H and O–H groups in total. The smallest absolute Gasteiger partial charge is 0.116 e. The van der Waals surface area contributed by atoms with Crippen LogP contribution < -0.4 is 0 Å². The standard InChI is InChI=1S/C25H24N2/c1-15(2)9-16-10-21-23-22(11-16)26-14-27-24(23)19-12-17-7-5-6-8-18(17)13-20(19)25(21,3)4/h5-8,10-15H,9H2,1-4H3. The number of hydrogen-bond acceptors (Lipinski definition) is 2. The molecule has 0 radical (unpaired) electrons. The number of fused-ring (bicyclic) bond motifs is 3. The molecule has 0 atom stereocenters. The lowest BCUT2D eigenvalue weighted by atomic mass is 9.69. The van der Waals surface area contributed by atoms with Crippen LogP contribution in [-0.2, 0) is 11.8 Å². The maximum Gasteiger partial charge on any atom is 0.116 e. The predicted molar refractivity (Wildman–Crippen MR) is 113 cm³/mol. The normalized spacial score (nSPS) is 14.7. The van der Waals surface area contributed by atoms with Gasteiger partial charge < -0.3 is 0 Å². The Morgan fingerprint density at radius 3 is 2.37 bits per heavy atom. The molecule has 5 rings (SSSR count). The third kappa shape index (κ3) is 2.39. The van der Waals surface area contributed by atoms with Crippen molar-refractivity contribution in [1.29, 1.82) is 0 Å². The Morgan fingerprint density at radius 1 is 0.889 bits per heavy atom. The van der Waals surface area contributed by atoms with Crippen LogP contribution in [0.3, 0.4) is 0 Å². The van der Waals surface area contributed by atoms with Crippen molar-refractivity contribution in [1.82, 2.24) is 9.97 Å². The van der Waals surface area contributed by atoms with Crippen molar-refractivity contribution in [2.45, 2.75) is 39.5 Å². The first-order valence-electron chi connectivity index (χ1n) is 9.77. The molecule has 0 saturated heterocycles. The van der Waals surface area contributed by atoms with Crippen molar-refractivity contribution in [3.63, 3.8) is 0 Å². The summed E-state index contributed by atoms with van der Waals surface area (Å²) < 4.78 is 0. The molecule has 2 heteroatoms. The summed E-state index contributed by atoms with van der Waals surface area (Å²) in [5.41, 5.74) is 7.39. The highest BCUT2D eigenvalue weighted by Crippen LogP contribution is 2.48. The van der Waals surface area contributed by atoms with Gasteiger partial charge in [-0.3, -0.25) is 0 Å². The highest BCUT2D eigenvalue weighted by Gasteiger charge is 2.35. The molecule has 1 heterocycles. The fourth-order valence-corrected chi connectivity index (χ4v) is 4.63. The molecule has 0 aliphatic heterocycles. The molecule has 0 unspecified atom stereocenters. The second-order valence-corrected chi connectivity index (χ2v) is 8.73. The molecule has 134 valence electrons. The van der Waals surface area contributed by atoms with Gasteiger partial charge in [-0.2, -0.15) is 0 Å². The van der Waals surface area contributed by atoms with Gasteiger partial charge in [0, 0.05) is 16.4 Å². The van der Waals surface area contributed by atoms with Crippen LogP contribution in [-0.4, -0.2) is 9.97 Å². The first kappa shape index (κ1) is 16.4. The second kappa shape index (κ2) is 5.63. The first-order chi connectivity index (χ1) is 12.9. The Bertz CT molecular complexity index is 1200. The average Bonchev–Trinajstić information content (AvgIpc) is 2.64. The van der Waals surface area contributed by atoms with E-state index in [4.69, 9.17) is 4.98 Å². The Labute approximate surface area is 160 Å². The van der Waals surface area contributed by atoms with Crippen molar-refractivity contribution in [3.8, 4) is 11.3 Å². The summed E-state index contributed by atoms with van der Waals surface area (Å²) in [6, 6.07) is 17.9. The minimum absolute atomic E-state index is 0.0810. The average molecular weight is 352 g/mol. The molecular formula is C25H24N2. The molecule has 3 aromatic carbocycles. The van der Waals surface area contributed by atoms with Crippen molar-refractivity contribution in [2.75, 3.05) is 0 Å². The second-order valence-electron chi connectivity index (χ2n) is 8.73. The van der Waals surface area contributed by atoms with Crippen LogP contribution in [0.2, 0.25) is 0 Å². The van der Waals surface area contributed by atoms with Crippen molar-refractivity contribution >= 4 is 21.7 Å². The molecule has 0 saturated carbocycles. The third-order valence-electron chi connectivity index (χ3n) is 5.93. The summed E-state index contributed by atoms with van der Waals surface area (Å²) in [6.45, 7) is 9.22. The lowest BCUT2D eigenvalue weighted by molar-refractivity contribution is 0.630. The molecule has 1 aliphatic rings. The van der Waals surface area contributed by atoms with Crippen molar-refractivity contribution in [3.05, 3.63) is 71.5 Å². The van der Waals surface area contributed by atoms with E-state index in [0.717, 1.165) is 17.6 Å². The predicted octanol–water partition coefficient (Wildman–Crippen LogP) is 6.29. The third-order valence-corrected chi connectivity index (χ3v) is 5.93. The van der Waals surface area contributed by atoms with E-state index in [1.165, 1.54) is 38.4 Å². The highest BCUT2D eigenvalue weighted by molar-refractivity contribution is 6.02. The molecule has 4 aromatic rings. The van der Waals surface area contributed by atoms with Gasteiger partial charge in [-0.25, -0.2) is 9.97 Å². The highest BCUT2D eigenvalue weighted by atomic mass is 14.8. The first-order valence-corrected chi connectivity index (χ1v) is 9.77. The Kier molecular flexibility index (Phi) is 3.42. The molecule has 2 nitrogen and oxygen atoms in total. The van der Waals surface area contributed by atoms with Gasteiger partial charge in [0.2, 0.25) is 0 Å². The Hall–Kier alpha value is -2.74. The number of rotatable bonds is 2. The van der Waals surface area contributed by atoms with Crippen LogP contribution in [0.4, 0.5) is 0 Å². The maximum absolute atomic E-state index is 4.73. The Morgan fingerprint density at radius 2 is 1.63 bits per heavy atom. The summed E-state index contributed by atoms with van der Waals surface area (Å²) in [7, 11) is 0. The minimum Gasteiger partial charge on any atom is -0.236 e. The summed E-state index contributed by atoms with van der Waals surface area (Å²) in [5.74, 6) is 0.624. The van der Waals surface area contributed by atoms with Gasteiger partial charge in [-0.05, 0) is 58.0 Å². The molecular weight excluding hydrogens is 328 g/mol.